The van der Waals surface area contributed by atoms with Gasteiger partial charge in [0.15, 0.2) is 0 Å². The number of rotatable bonds is 4. The molecule has 1 fully saturated rings. The van der Waals surface area contributed by atoms with Crippen molar-refractivity contribution in [2.24, 2.45) is 11.7 Å². The largest absolute Gasteiger partial charge is 0.328 e. The molecule has 1 saturated heterocycles. The van der Waals surface area contributed by atoms with Crippen LogP contribution in [0, 0.1) is 5.92 Å². The van der Waals surface area contributed by atoms with E-state index in [0.717, 1.165) is 13.1 Å². The standard InChI is InChI=1S/C14H26N4/c1-11(2)18-9-13(7-16-18)8-17-6-4-5-14(10-17)12(3)15/h7,9,11-12,14H,4-6,8,10,15H2,1-3H3. The fourth-order valence-electron chi connectivity index (χ4n) is 2.66. The lowest BCUT2D eigenvalue weighted by molar-refractivity contribution is 0.154. The molecule has 18 heavy (non-hydrogen) atoms. The molecule has 2 atom stereocenters. The van der Waals surface area contributed by atoms with Gasteiger partial charge in [-0.3, -0.25) is 9.58 Å². The first-order valence-corrected chi connectivity index (χ1v) is 7.07. The minimum absolute atomic E-state index is 0.311. The summed E-state index contributed by atoms with van der Waals surface area (Å²) in [5, 5.41) is 4.40. The first kappa shape index (κ1) is 13.6. The van der Waals surface area contributed by atoms with Crippen LogP contribution in [0.3, 0.4) is 0 Å². The molecule has 0 amide bonds. The molecule has 102 valence electrons. The summed E-state index contributed by atoms with van der Waals surface area (Å²) in [4.78, 5) is 2.51. The van der Waals surface area contributed by atoms with Crippen molar-refractivity contribution in [3.63, 3.8) is 0 Å². The summed E-state index contributed by atoms with van der Waals surface area (Å²) < 4.78 is 2.03. The molecule has 4 nitrogen and oxygen atoms in total. The van der Waals surface area contributed by atoms with Crippen LogP contribution in [0.25, 0.3) is 0 Å². The maximum Gasteiger partial charge on any atom is 0.0534 e. The van der Waals surface area contributed by atoms with E-state index in [9.17, 15) is 0 Å². The van der Waals surface area contributed by atoms with Gasteiger partial charge in [-0.25, -0.2) is 0 Å². The Labute approximate surface area is 110 Å². The Morgan fingerprint density at radius 1 is 1.44 bits per heavy atom. The molecular formula is C14H26N4. The van der Waals surface area contributed by atoms with Crippen LogP contribution in [0.4, 0.5) is 0 Å². The van der Waals surface area contributed by atoms with Gasteiger partial charge in [0.1, 0.15) is 0 Å². The highest BCUT2D eigenvalue weighted by molar-refractivity contribution is 5.04. The van der Waals surface area contributed by atoms with Gasteiger partial charge in [-0.2, -0.15) is 5.10 Å². The number of hydrogen-bond acceptors (Lipinski definition) is 3. The van der Waals surface area contributed by atoms with E-state index in [1.807, 2.05) is 10.9 Å². The van der Waals surface area contributed by atoms with Gasteiger partial charge in [0.05, 0.1) is 6.20 Å². The van der Waals surface area contributed by atoms with Crippen molar-refractivity contribution in [2.75, 3.05) is 13.1 Å². The fraction of sp³-hybridized carbons (Fsp3) is 0.786. The Morgan fingerprint density at radius 3 is 2.83 bits per heavy atom. The molecule has 0 saturated carbocycles. The molecule has 2 N–H and O–H groups in total. The first-order valence-electron chi connectivity index (χ1n) is 7.07. The maximum atomic E-state index is 6.02. The highest BCUT2D eigenvalue weighted by Gasteiger charge is 2.22. The van der Waals surface area contributed by atoms with Gasteiger partial charge in [-0.15, -0.1) is 0 Å². The van der Waals surface area contributed by atoms with Crippen molar-refractivity contribution in [1.82, 2.24) is 14.7 Å². The lowest BCUT2D eigenvalue weighted by Crippen LogP contribution is -2.41. The molecule has 2 rings (SSSR count). The molecule has 0 bridgehead atoms. The second-order valence-corrected chi connectivity index (χ2v) is 5.92. The predicted molar refractivity (Wildman–Crippen MR) is 74.3 cm³/mol. The summed E-state index contributed by atoms with van der Waals surface area (Å²) in [5.74, 6) is 0.652. The topological polar surface area (TPSA) is 47.1 Å². The highest BCUT2D eigenvalue weighted by atomic mass is 15.3. The monoisotopic (exact) mass is 250 g/mol. The molecule has 0 radical (unpaired) electrons. The number of nitrogens with zero attached hydrogens (tertiary/aromatic N) is 3. The maximum absolute atomic E-state index is 6.02. The zero-order valence-corrected chi connectivity index (χ0v) is 11.8. The van der Waals surface area contributed by atoms with Crippen molar-refractivity contribution in [3.05, 3.63) is 18.0 Å². The van der Waals surface area contributed by atoms with Gasteiger partial charge < -0.3 is 5.73 Å². The van der Waals surface area contributed by atoms with E-state index in [1.54, 1.807) is 0 Å². The molecule has 1 aromatic heterocycles. The molecule has 0 spiro atoms. The van der Waals surface area contributed by atoms with Crippen LogP contribution in [-0.4, -0.2) is 33.8 Å². The minimum atomic E-state index is 0.311. The lowest BCUT2D eigenvalue weighted by Gasteiger charge is -2.34. The third-order valence-electron chi connectivity index (χ3n) is 3.88. The van der Waals surface area contributed by atoms with Crippen molar-refractivity contribution in [1.29, 1.82) is 0 Å². The van der Waals surface area contributed by atoms with E-state index < -0.39 is 0 Å². The Balaban J connectivity index is 1.92. The Bertz CT molecular complexity index is 370. The summed E-state index contributed by atoms with van der Waals surface area (Å²) in [6, 6.07) is 0.753. The van der Waals surface area contributed by atoms with Crippen LogP contribution >= 0.6 is 0 Å². The third-order valence-corrected chi connectivity index (χ3v) is 3.88. The van der Waals surface area contributed by atoms with Crippen LogP contribution in [0.2, 0.25) is 0 Å². The first-order chi connectivity index (χ1) is 8.56. The molecule has 0 aliphatic carbocycles. The van der Waals surface area contributed by atoms with Gasteiger partial charge >= 0.3 is 0 Å². The van der Waals surface area contributed by atoms with Crippen molar-refractivity contribution in [2.45, 2.75) is 52.2 Å². The van der Waals surface area contributed by atoms with Crippen LogP contribution in [-0.2, 0) is 6.54 Å². The molecule has 1 aliphatic rings. The average molecular weight is 250 g/mol. The van der Waals surface area contributed by atoms with E-state index in [1.165, 1.54) is 24.9 Å². The smallest absolute Gasteiger partial charge is 0.0534 e. The van der Waals surface area contributed by atoms with Gasteiger partial charge in [-0.1, -0.05) is 0 Å². The molecule has 1 aliphatic heterocycles. The minimum Gasteiger partial charge on any atom is -0.328 e. The van der Waals surface area contributed by atoms with E-state index in [4.69, 9.17) is 5.73 Å². The van der Waals surface area contributed by atoms with Crippen LogP contribution < -0.4 is 5.73 Å². The quantitative estimate of drug-likeness (QED) is 0.889. The number of hydrogen-bond donors (Lipinski definition) is 1. The predicted octanol–water partition coefficient (Wildman–Crippen LogP) is 2.02. The zero-order valence-electron chi connectivity index (χ0n) is 11.8. The Kier molecular flexibility index (Phi) is 4.40. The zero-order chi connectivity index (χ0) is 13.1. The van der Waals surface area contributed by atoms with Crippen molar-refractivity contribution in [3.8, 4) is 0 Å². The number of likely N-dealkylation sites (tertiary alicyclic amines) is 1. The molecular weight excluding hydrogens is 224 g/mol. The average Bonchev–Trinajstić information content (AvgIpc) is 2.78. The summed E-state index contributed by atoms with van der Waals surface area (Å²) in [5.41, 5.74) is 7.34. The number of aromatic nitrogens is 2. The normalized spacial score (nSPS) is 23.5. The second kappa shape index (κ2) is 5.85. The Morgan fingerprint density at radius 2 is 2.22 bits per heavy atom. The van der Waals surface area contributed by atoms with Crippen molar-refractivity contribution < 1.29 is 0 Å². The molecule has 2 unspecified atom stereocenters. The third kappa shape index (κ3) is 3.33. The van der Waals surface area contributed by atoms with Crippen LogP contribution in [0.5, 0.6) is 0 Å². The SMILES string of the molecule is CC(N)C1CCCN(Cc2cnn(C(C)C)c2)C1. The van der Waals surface area contributed by atoms with Crippen LogP contribution in [0.15, 0.2) is 12.4 Å². The van der Waals surface area contributed by atoms with E-state index >= 15 is 0 Å². The summed E-state index contributed by atoms with van der Waals surface area (Å²) in [7, 11) is 0. The summed E-state index contributed by atoms with van der Waals surface area (Å²) in [6.07, 6.45) is 6.71. The lowest BCUT2D eigenvalue weighted by atomic mass is 9.92. The molecule has 4 heteroatoms. The van der Waals surface area contributed by atoms with Gasteiger partial charge in [0, 0.05) is 36.9 Å². The highest BCUT2D eigenvalue weighted by Crippen LogP contribution is 2.20. The van der Waals surface area contributed by atoms with E-state index in [0.29, 0.717) is 18.0 Å². The molecule has 1 aromatic rings. The second-order valence-electron chi connectivity index (χ2n) is 5.92. The summed E-state index contributed by atoms with van der Waals surface area (Å²) >= 11 is 0. The fourth-order valence-corrected chi connectivity index (χ4v) is 2.66. The molecule has 2 heterocycles. The Hall–Kier alpha value is -0.870. The van der Waals surface area contributed by atoms with Gasteiger partial charge in [-0.05, 0) is 46.1 Å². The number of nitrogens with two attached hydrogens (primary N) is 1. The number of piperidine rings is 1. The van der Waals surface area contributed by atoms with Crippen LogP contribution in [0.1, 0.15) is 45.2 Å². The van der Waals surface area contributed by atoms with E-state index in [2.05, 4.69) is 37.0 Å². The summed E-state index contributed by atoms with van der Waals surface area (Å²) in [6.45, 7) is 9.77. The van der Waals surface area contributed by atoms with E-state index in [-0.39, 0.29) is 0 Å². The van der Waals surface area contributed by atoms with Gasteiger partial charge in [0.2, 0.25) is 0 Å². The van der Waals surface area contributed by atoms with Crippen molar-refractivity contribution >= 4 is 0 Å². The molecule has 0 aromatic carbocycles. The van der Waals surface area contributed by atoms with Gasteiger partial charge in [0.25, 0.3) is 0 Å².